The third kappa shape index (κ3) is 2.23. The Kier molecular flexibility index (Phi) is 3.46. The van der Waals surface area contributed by atoms with Crippen LogP contribution in [0.1, 0.15) is 18.4 Å². The molecule has 0 spiro atoms. The summed E-state index contributed by atoms with van der Waals surface area (Å²) in [7, 11) is 0. The van der Waals surface area contributed by atoms with Gasteiger partial charge in [-0.25, -0.2) is 0 Å². The average Bonchev–Trinajstić information content (AvgIpc) is 2.17. The molecule has 0 aliphatic heterocycles. The molecular weight excluding hydrogens is 250 g/mol. The Morgan fingerprint density at radius 1 is 1.64 bits per heavy atom. The number of hydrogen-bond acceptors (Lipinski definition) is 3. The van der Waals surface area contributed by atoms with Crippen molar-refractivity contribution in [3.8, 4) is 5.75 Å². The van der Waals surface area contributed by atoms with Crippen molar-refractivity contribution in [1.82, 2.24) is 0 Å². The number of nitro groups is 1. The SMILES string of the molecule is CC(CBr)c1cc([N+](=O)[O-])ccc1O. The molecule has 1 N–H and O–H groups in total. The van der Waals surface area contributed by atoms with Gasteiger partial charge in [-0.05, 0) is 12.0 Å². The number of nitro benzene ring substituents is 1. The zero-order valence-electron chi connectivity index (χ0n) is 7.61. The summed E-state index contributed by atoms with van der Waals surface area (Å²) in [6.45, 7) is 1.88. The lowest BCUT2D eigenvalue weighted by Gasteiger charge is -2.09. The molecular formula is C9H10BrNO3. The predicted molar refractivity (Wildman–Crippen MR) is 57.0 cm³/mol. The number of phenols is 1. The summed E-state index contributed by atoms with van der Waals surface area (Å²) >= 11 is 3.27. The lowest BCUT2D eigenvalue weighted by Crippen LogP contribution is -1.97. The van der Waals surface area contributed by atoms with E-state index in [4.69, 9.17) is 0 Å². The Labute approximate surface area is 89.8 Å². The molecule has 0 saturated heterocycles. The number of alkyl halides is 1. The molecule has 1 rings (SSSR count). The number of hydrogen-bond donors (Lipinski definition) is 1. The standard InChI is InChI=1S/C9H10BrNO3/c1-6(5-10)8-4-7(11(13)14)2-3-9(8)12/h2-4,6,12H,5H2,1H3. The van der Waals surface area contributed by atoms with E-state index in [2.05, 4.69) is 15.9 Å². The van der Waals surface area contributed by atoms with Crippen molar-refractivity contribution in [2.75, 3.05) is 5.33 Å². The molecule has 1 aromatic carbocycles. The molecule has 14 heavy (non-hydrogen) atoms. The van der Waals surface area contributed by atoms with Gasteiger partial charge in [-0.15, -0.1) is 0 Å². The van der Waals surface area contributed by atoms with Crippen molar-refractivity contribution >= 4 is 21.6 Å². The molecule has 4 nitrogen and oxygen atoms in total. The van der Waals surface area contributed by atoms with Gasteiger partial charge in [-0.2, -0.15) is 0 Å². The number of benzene rings is 1. The van der Waals surface area contributed by atoms with E-state index in [1.165, 1.54) is 18.2 Å². The molecule has 0 saturated carbocycles. The number of aromatic hydroxyl groups is 1. The van der Waals surface area contributed by atoms with Crippen molar-refractivity contribution < 1.29 is 10.0 Å². The number of phenolic OH excluding ortho intramolecular Hbond substituents is 1. The molecule has 0 aromatic heterocycles. The van der Waals surface area contributed by atoms with Crippen LogP contribution in [-0.4, -0.2) is 15.4 Å². The van der Waals surface area contributed by atoms with Crippen LogP contribution in [0.5, 0.6) is 5.75 Å². The highest BCUT2D eigenvalue weighted by atomic mass is 79.9. The first-order valence-corrected chi connectivity index (χ1v) is 5.21. The first-order chi connectivity index (χ1) is 6.56. The normalized spacial score (nSPS) is 12.4. The van der Waals surface area contributed by atoms with Gasteiger partial charge in [0.05, 0.1) is 4.92 Å². The van der Waals surface area contributed by atoms with Crippen molar-refractivity contribution in [3.63, 3.8) is 0 Å². The minimum Gasteiger partial charge on any atom is -0.508 e. The Bertz CT molecular complexity index is 354. The Hall–Kier alpha value is -1.10. The van der Waals surface area contributed by atoms with Crippen LogP contribution in [0.4, 0.5) is 5.69 Å². The molecule has 1 unspecified atom stereocenters. The van der Waals surface area contributed by atoms with E-state index in [1.807, 2.05) is 6.92 Å². The van der Waals surface area contributed by atoms with E-state index in [0.717, 1.165) is 0 Å². The Morgan fingerprint density at radius 3 is 2.79 bits per heavy atom. The third-order valence-electron chi connectivity index (χ3n) is 1.98. The van der Waals surface area contributed by atoms with E-state index in [1.54, 1.807) is 0 Å². The molecule has 0 fully saturated rings. The van der Waals surface area contributed by atoms with Gasteiger partial charge in [0.1, 0.15) is 5.75 Å². The molecule has 0 bridgehead atoms. The van der Waals surface area contributed by atoms with E-state index in [9.17, 15) is 15.2 Å². The van der Waals surface area contributed by atoms with Gasteiger partial charge in [0.2, 0.25) is 0 Å². The zero-order valence-corrected chi connectivity index (χ0v) is 9.19. The fourth-order valence-electron chi connectivity index (χ4n) is 1.13. The van der Waals surface area contributed by atoms with Crippen molar-refractivity contribution in [1.29, 1.82) is 0 Å². The van der Waals surface area contributed by atoms with Crippen LogP contribution in [0.15, 0.2) is 18.2 Å². The molecule has 1 aromatic rings. The zero-order chi connectivity index (χ0) is 10.7. The van der Waals surface area contributed by atoms with Crippen molar-refractivity contribution in [3.05, 3.63) is 33.9 Å². The average molecular weight is 260 g/mol. The van der Waals surface area contributed by atoms with Gasteiger partial charge < -0.3 is 5.11 Å². The first kappa shape index (κ1) is 11.0. The van der Waals surface area contributed by atoms with Crippen LogP contribution in [0, 0.1) is 10.1 Å². The molecule has 5 heteroatoms. The van der Waals surface area contributed by atoms with Gasteiger partial charge in [0.15, 0.2) is 0 Å². The lowest BCUT2D eigenvalue weighted by atomic mass is 10.0. The smallest absolute Gasteiger partial charge is 0.269 e. The Morgan fingerprint density at radius 2 is 2.29 bits per heavy atom. The van der Waals surface area contributed by atoms with Gasteiger partial charge >= 0.3 is 0 Å². The molecule has 0 aliphatic rings. The van der Waals surface area contributed by atoms with Crippen LogP contribution in [0.2, 0.25) is 0 Å². The molecule has 0 radical (unpaired) electrons. The first-order valence-electron chi connectivity index (χ1n) is 4.09. The van der Waals surface area contributed by atoms with Gasteiger partial charge in [-0.3, -0.25) is 10.1 Å². The van der Waals surface area contributed by atoms with Crippen molar-refractivity contribution in [2.24, 2.45) is 0 Å². The topological polar surface area (TPSA) is 63.4 Å². The highest BCUT2D eigenvalue weighted by molar-refractivity contribution is 9.09. The van der Waals surface area contributed by atoms with Gasteiger partial charge in [0.25, 0.3) is 5.69 Å². The minimum atomic E-state index is -0.468. The molecule has 0 aliphatic carbocycles. The van der Waals surface area contributed by atoms with Crippen LogP contribution in [0.3, 0.4) is 0 Å². The minimum absolute atomic E-state index is 0.00519. The summed E-state index contributed by atoms with van der Waals surface area (Å²) < 4.78 is 0. The quantitative estimate of drug-likeness (QED) is 0.516. The maximum Gasteiger partial charge on any atom is 0.269 e. The number of rotatable bonds is 3. The van der Waals surface area contributed by atoms with E-state index >= 15 is 0 Å². The van der Waals surface area contributed by atoms with Crippen LogP contribution >= 0.6 is 15.9 Å². The van der Waals surface area contributed by atoms with Gasteiger partial charge in [0, 0.05) is 23.0 Å². The summed E-state index contributed by atoms with van der Waals surface area (Å²) in [5, 5.41) is 20.6. The fourth-order valence-corrected chi connectivity index (χ4v) is 1.48. The van der Waals surface area contributed by atoms with E-state index < -0.39 is 4.92 Å². The van der Waals surface area contributed by atoms with Crippen LogP contribution in [0.25, 0.3) is 0 Å². The van der Waals surface area contributed by atoms with Crippen LogP contribution < -0.4 is 0 Å². The molecule has 76 valence electrons. The molecule has 0 heterocycles. The lowest BCUT2D eigenvalue weighted by molar-refractivity contribution is -0.385. The highest BCUT2D eigenvalue weighted by Crippen LogP contribution is 2.30. The number of halogens is 1. The van der Waals surface area contributed by atoms with E-state index in [0.29, 0.717) is 10.9 Å². The molecule has 1 atom stereocenters. The largest absolute Gasteiger partial charge is 0.508 e. The summed E-state index contributed by atoms with van der Waals surface area (Å²) in [4.78, 5) is 10.0. The second kappa shape index (κ2) is 4.41. The molecule has 0 amide bonds. The monoisotopic (exact) mass is 259 g/mol. The van der Waals surface area contributed by atoms with E-state index in [-0.39, 0.29) is 17.4 Å². The summed E-state index contributed by atoms with van der Waals surface area (Å²) in [5.74, 6) is 0.150. The third-order valence-corrected chi connectivity index (χ3v) is 2.96. The summed E-state index contributed by atoms with van der Waals surface area (Å²) in [5.41, 5.74) is 0.599. The summed E-state index contributed by atoms with van der Waals surface area (Å²) in [6, 6.07) is 4.05. The fraction of sp³-hybridized carbons (Fsp3) is 0.333. The van der Waals surface area contributed by atoms with Crippen molar-refractivity contribution in [2.45, 2.75) is 12.8 Å². The predicted octanol–water partition coefficient (Wildman–Crippen LogP) is 2.80. The number of non-ortho nitro benzene ring substituents is 1. The second-order valence-electron chi connectivity index (χ2n) is 3.06. The maximum absolute atomic E-state index is 10.5. The van der Waals surface area contributed by atoms with Crippen LogP contribution in [-0.2, 0) is 0 Å². The number of nitrogens with zero attached hydrogens (tertiary/aromatic N) is 1. The highest BCUT2D eigenvalue weighted by Gasteiger charge is 2.14. The van der Waals surface area contributed by atoms with Gasteiger partial charge in [-0.1, -0.05) is 22.9 Å². The summed E-state index contributed by atoms with van der Waals surface area (Å²) in [6.07, 6.45) is 0. The maximum atomic E-state index is 10.5. The Balaban J connectivity index is 3.14. The second-order valence-corrected chi connectivity index (χ2v) is 3.70.